The van der Waals surface area contributed by atoms with E-state index in [1.54, 1.807) is 41.4 Å². The Bertz CT molecular complexity index is 1130. The Morgan fingerprint density at radius 2 is 1.86 bits per heavy atom. The predicted molar refractivity (Wildman–Crippen MR) is 137 cm³/mol. The van der Waals surface area contributed by atoms with Gasteiger partial charge in [0.05, 0.1) is 18.6 Å². The number of nitrogens with one attached hydrogen (secondary N) is 3. The molecule has 1 aliphatic heterocycles. The first-order valence-electron chi connectivity index (χ1n) is 11.9. The summed E-state index contributed by atoms with van der Waals surface area (Å²) in [6.07, 6.45) is 0.577. The van der Waals surface area contributed by atoms with Crippen molar-refractivity contribution in [3.05, 3.63) is 64.7 Å². The molecule has 0 aliphatic carbocycles. The molecule has 2 atom stereocenters. The molecule has 0 spiro atoms. The van der Waals surface area contributed by atoms with Crippen LogP contribution in [-0.2, 0) is 20.9 Å². The van der Waals surface area contributed by atoms with Crippen molar-refractivity contribution in [1.29, 1.82) is 5.41 Å². The number of hydrogen-bond donors (Lipinski definition) is 5. The number of carbonyl (C=O) groups excluding carboxylic acids is 3. The fourth-order valence-corrected chi connectivity index (χ4v) is 4.42. The van der Waals surface area contributed by atoms with Gasteiger partial charge >= 0.3 is 5.97 Å². The topological polar surface area (TPSA) is 164 Å². The molecule has 10 heteroatoms. The lowest BCUT2D eigenvalue weighted by Crippen LogP contribution is -2.54. The highest BCUT2D eigenvalue weighted by atomic mass is 16.5. The number of hydrogen-bond acceptors (Lipinski definition) is 7. The number of carbonyl (C=O) groups is 3. The van der Waals surface area contributed by atoms with Gasteiger partial charge in [-0.2, -0.15) is 0 Å². The SMILES string of the molecule is COC(=O)c1cc(N)cc(C2CCN(NC(C)C)C(=O)C2CC(=O)NCc2ccc(C(=N)N)cc2)c1. The second-order valence-electron chi connectivity index (χ2n) is 9.25. The van der Waals surface area contributed by atoms with E-state index in [4.69, 9.17) is 21.6 Å². The van der Waals surface area contributed by atoms with Crippen LogP contribution >= 0.6 is 0 Å². The second kappa shape index (κ2) is 11.7. The Morgan fingerprint density at radius 1 is 1.17 bits per heavy atom. The highest BCUT2D eigenvalue weighted by Crippen LogP contribution is 2.37. The third-order valence-electron chi connectivity index (χ3n) is 6.13. The Labute approximate surface area is 210 Å². The lowest BCUT2D eigenvalue weighted by atomic mass is 9.78. The van der Waals surface area contributed by atoms with Crippen molar-refractivity contribution in [1.82, 2.24) is 15.8 Å². The molecule has 0 bridgehead atoms. The van der Waals surface area contributed by atoms with Gasteiger partial charge in [-0.3, -0.25) is 20.0 Å². The summed E-state index contributed by atoms with van der Waals surface area (Å²) in [6.45, 7) is 4.63. The van der Waals surface area contributed by atoms with Crippen LogP contribution < -0.4 is 22.2 Å². The van der Waals surface area contributed by atoms with Gasteiger partial charge in [-0.05, 0) is 55.5 Å². The van der Waals surface area contributed by atoms with E-state index < -0.39 is 11.9 Å². The summed E-state index contributed by atoms with van der Waals surface area (Å²) in [5.41, 5.74) is 17.6. The number of amidine groups is 1. The quantitative estimate of drug-likeness (QED) is 0.154. The summed E-state index contributed by atoms with van der Waals surface area (Å²) in [5, 5.41) is 11.9. The highest BCUT2D eigenvalue weighted by Gasteiger charge is 2.39. The monoisotopic (exact) mass is 494 g/mol. The summed E-state index contributed by atoms with van der Waals surface area (Å²) >= 11 is 0. The average Bonchev–Trinajstić information content (AvgIpc) is 2.84. The van der Waals surface area contributed by atoms with E-state index in [0.29, 0.717) is 29.8 Å². The predicted octanol–water partition coefficient (Wildman–Crippen LogP) is 1.89. The van der Waals surface area contributed by atoms with Crippen LogP contribution in [0.5, 0.6) is 0 Å². The number of hydrazine groups is 1. The number of amides is 2. The number of nitrogens with two attached hydrogens (primary N) is 2. The summed E-state index contributed by atoms with van der Waals surface area (Å²) in [4.78, 5) is 38.5. The van der Waals surface area contributed by atoms with Gasteiger partial charge in [0.15, 0.2) is 0 Å². The van der Waals surface area contributed by atoms with Gasteiger partial charge in [0.1, 0.15) is 5.84 Å². The van der Waals surface area contributed by atoms with Crippen LogP contribution in [-0.4, -0.2) is 48.3 Å². The lowest BCUT2D eigenvalue weighted by Gasteiger charge is -2.39. The molecule has 10 nitrogen and oxygen atoms in total. The standard InChI is InChI=1S/C26H34N6O4/c1-15(2)31-32-9-8-21(18-10-19(26(35)36-3)12-20(27)11-18)22(25(32)34)13-23(33)30-14-16-4-6-17(7-5-16)24(28)29/h4-7,10-12,15,21-22,31H,8-9,13-14,27H2,1-3H3,(H3,28,29)(H,30,33). The fourth-order valence-electron chi connectivity index (χ4n) is 4.42. The Kier molecular flexibility index (Phi) is 8.65. The zero-order valence-electron chi connectivity index (χ0n) is 20.8. The molecular formula is C26H34N6O4. The zero-order valence-corrected chi connectivity index (χ0v) is 20.8. The van der Waals surface area contributed by atoms with Gasteiger partial charge in [-0.1, -0.05) is 24.3 Å². The molecule has 2 aromatic carbocycles. The van der Waals surface area contributed by atoms with Gasteiger partial charge in [0, 0.05) is 36.8 Å². The number of nitrogen functional groups attached to an aromatic ring is 2. The lowest BCUT2D eigenvalue weighted by molar-refractivity contribution is -0.146. The number of rotatable bonds is 9. The van der Waals surface area contributed by atoms with Crippen molar-refractivity contribution in [3.8, 4) is 0 Å². The smallest absolute Gasteiger partial charge is 0.337 e. The van der Waals surface area contributed by atoms with Crippen molar-refractivity contribution >= 4 is 29.3 Å². The molecule has 0 saturated carbocycles. The van der Waals surface area contributed by atoms with Crippen LogP contribution in [0, 0.1) is 11.3 Å². The highest BCUT2D eigenvalue weighted by molar-refractivity contribution is 5.95. The largest absolute Gasteiger partial charge is 0.465 e. The van der Waals surface area contributed by atoms with Crippen LogP contribution in [0.25, 0.3) is 0 Å². The van der Waals surface area contributed by atoms with Gasteiger partial charge in [0.2, 0.25) is 11.8 Å². The maximum atomic E-state index is 13.4. The number of ether oxygens (including phenoxy) is 1. The van der Waals surface area contributed by atoms with E-state index in [-0.39, 0.29) is 42.6 Å². The van der Waals surface area contributed by atoms with E-state index in [2.05, 4.69) is 10.7 Å². The molecule has 0 radical (unpaired) electrons. The number of benzene rings is 2. The first kappa shape index (κ1) is 26.7. The summed E-state index contributed by atoms with van der Waals surface area (Å²) in [5.74, 6) is -1.92. The van der Waals surface area contributed by atoms with E-state index in [1.807, 2.05) is 13.8 Å². The third kappa shape index (κ3) is 6.60. The molecule has 1 heterocycles. The molecule has 2 unspecified atom stereocenters. The van der Waals surface area contributed by atoms with E-state index >= 15 is 0 Å². The zero-order chi connectivity index (χ0) is 26.4. The van der Waals surface area contributed by atoms with Crippen molar-refractivity contribution in [2.45, 2.75) is 45.2 Å². The Hall–Kier alpha value is -3.92. The van der Waals surface area contributed by atoms with Crippen LogP contribution in [0.1, 0.15) is 59.7 Å². The van der Waals surface area contributed by atoms with Gasteiger partial charge in [-0.15, -0.1) is 0 Å². The van der Waals surface area contributed by atoms with Crippen LogP contribution in [0.3, 0.4) is 0 Å². The average molecular weight is 495 g/mol. The maximum absolute atomic E-state index is 13.4. The summed E-state index contributed by atoms with van der Waals surface area (Å²) in [6, 6.07) is 12.0. The van der Waals surface area contributed by atoms with Crippen molar-refractivity contribution in [2.24, 2.45) is 11.7 Å². The maximum Gasteiger partial charge on any atom is 0.337 e. The van der Waals surface area contributed by atoms with Gasteiger partial charge in [-0.25, -0.2) is 10.2 Å². The minimum Gasteiger partial charge on any atom is -0.465 e. The van der Waals surface area contributed by atoms with Crippen molar-refractivity contribution in [2.75, 3.05) is 19.4 Å². The number of piperidine rings is 1. The molecular weight excluding hydrogens is 460 g/mol. The third-order valence-corrected chi connectivity index (χ3v) is 6.13. The molecule has 2 amide bonds. The molecule has 2 aromatic rings. The van der Waals surface area contributed by atoms with Crippen LogP contribution in [0.4, 0.5) is 5.69 Å². The van der Waals surface area contributed by atoms with E-state index in [9.17, 15) is 14.4 Å². The summed E-state index contributed by atoms with van der Waals surface area (Å²) in [7, 11) is 1.30. The number of nitrogens with zero attached hydrogens (tertiary/aromatic N) is 1. The molecule has 1 fully saturated rings. The van der Waals surface area contributed by atoms with E-state index in [0.717, 1.165) is 11.1 Å². The molecule has 1 saturated heterocycles. The second-order valence-corrected chi connectivity index (χ2v) is 9.25. The van der Waals surface area contributed by atoms with Crippen molar-refractivity contribution < 1.29 is 19.1 Å². The number of esters is 1. The fraction of sp³-hybridized carbons (Fsp3) is 0.385. The van der Waals surface area contributed by atoms with Crippen molar-refractivity contribution in [3.63, 3.8) is 0 Å². The number of methoxy groups -OCH3 is 1. The van der Waals surface area contributed by atoms with Crippen LogP contribution in [0.2, 0.25) is 0 Å². The molecule has 36 heavy (non-hydrogen) atoms. The van der Waals surface area contributed by atoms with Gasteiger partial charge in [0.25, 0.3) is 0 Å². The first-order valence-corrected chi connectivity index (χ1v) is 11.9. The van der Waals surface area contributed by atoms with Crippen LogP contribution in [0.15, 0.2) is 42.5 Å². The molecule has 0 aromatic heterocycles. The molecule has 3 rings (SSSR count). The Balaban J connectivity index is 1.80. The minimum atomic E-state index is -0.641. The van der Waals surface area contributed by atoms with E-state index in [1.165, 1.54) is 13.2 Å². The Morgan fingerprint density at radius 3 is 2.47 bits per heavy atom. The summed E-state index contributed by atoms with van der Waals surface area (Å²) < 4.78 is 4.84. The first-order chi connectivity index (χ1) is 17.1. The molecule has 7 N–H and O–H groups in total. The number of anilines is 1. The molecule has 192 valence electrons. The normalized spacial score (nSPS) is 17.7. The van der Waals surface area contributed by atoms with Gasteiger partial charge < -0.3 is 21.5 Å². The molecule has 1 aliphatic rings. The minimum absolute atomic E-state index is 0.0202.